The number of halogens is 4. The summed E-state index contributed by atoms with van der Waals surface area (Å²) in [5, 5.41) is 11.5. The van der Waals surface area contributed by atoms with E-state index in [1.54, 1.807) is 18.2 Å². The minimum Gasteiger partial charge on any atom is -0.465 e. The van der Waals surface area contributed by atoms with Crippen LogP contribution in [0, 0.1) is 11.2 Å². The van der Waals surface area contributed by atoms with Crippen LogP contribution in [0.15, 0.2) is 36.4 Å². The summed E-state index contributed by atoms with van der Waals surface area (Å²) in [5.74, 6) is -0.947. The van der Waals surface area contributed by atoms with Gasteiger partial charge < -0.3 is 10.4 Å². The van der Waals surface area contributed by atoms with E-state index in [-0.39, 0.29) is 11.0 Å². The number of carboxylic acid groups (broad SMARTS) is 1. The summed E-state index contributed by atoms with van der Waals surface area (Å²) in [5.41, 5.74) is 0.790. The fourth-order valence-corrected chi connectivity index (χ4v) is 3.54. The van der Waals surface area contributed by atoms with Gasteiger partial charge in [0.05, 0.1) is 11.6 Å². The Morgan fingerprint density at radius 2 is 1.88 bits per heavy atom. The summed E-state index contributed by atoms with van der Waals surface area (Å²) in [6, 6.07) is 7.08. The SMILES string of the molecule is CC1(C)Cc2cc(-c3ccc(C(F)(F)F)cc3F)ccc2C1NC(=O)O. The second-order valence-electron chi connectivity index (χ2n) is 7.15. The van der Waals surface area contributed by atoms with Gasteiger partial charge in [0.15, 0.2) is 0 Å². The molecule has 0 aromatic heterocycles. The van der Waals surface area contributed by atoms with Crippen LogP contribution in [0.4, 0.5) is 22.4 Å². The average molecular weight is 367 g/mol. The van der Waals surface area contributed by atoms with Crippen LogP contribution in [0.3, 0.4) is 0 Å². The molecule has 1 unspecified atom stereocenters. The number of hydrogen-bond donors (Lipinski definition) is 2. The van der Waals surface area contributed by atoms with Gasteiger partial charge in [-0.25, -0.2) is 9.18 Å². The molecule has 3 nitrogen and oxygen atoms in total. The first-order valence-corrected chi connectivity index (χ1v) is 7.98. The molecule has 0 saturated carbocycles. The standard InChI is InChI=1S/C19H17F4NO2/c1-18(2)9-11-7-10(3-5-14(11)16(18)24-17(25)26)13-6-4-12(8-15(13)20)19(21,22)23/h3-8,16,24H,9H2,1-2H3,(H,25,26). The number of hydrogen-bond acceptors (Lipinski definition) is 1. The van der Waals surface area contributed by atoms with E-state index in [0.717, 1.165) is 23.3 Å². The third-order valence-electron chi connectivity index (χ3n) is 4.76. The van der Waals surface area contributed by atoms with Gasteiger partial charge in [-0.3, -0.25) is 0 Å². The predicted octanol–water partition coefficient (Wildman–Crippen LogP) is 5.40. The molecule has 1 aliphatic rings. The number of rotatable bonds is 2. The lowest BCUT2D eigenvalue weighted by atomic mass is 9.85. The van der Waals surface area contributed by atoms with Crippen molar-refractivity contribution in [3.63, 3.8) is 0 Å². The van der Waals surface area contributed by atoms with Crippen molar-refractivity contribution in [2.24, 2.45) is 5.41 Å². The second kappa shape index (κ2) is 6.00. The normalized spacial score (nSPS) is 18.5. The number of carbonyl (C=O) groups is 1. The summed E-state index contributed by atoms with van der Waals surface area (Å²) in [4.78, 5) is 11.0. The molecule has 0 bridgehead atoms. The van der Waals surface area contributed by atoms with E-state index >= 15 is 0 Å². The van der Waals surface area contributed by atoms with Crippen LogP contribution in [0.5, 0.6) is 0 Å². The Bertz CT molecular complexity index is 874. The van der Waals surface area contributed by atoms with E-state index in [9.17, 15) is 22.4 Å². The van der Waals surface area contributed by atoms with Crippen LogP contribution in [0.25, 0.3) is 11.1 Å². The highest BCUT2D eigenvalue weighted by atomic mass is 19.4. The zero-order valence-electron chi connectivity index (χ0n) is 14.1. The summed E-state index contributed by atoms with van der Waals surface area (Å²) >= 11 is 0. The molecule has 2 aromatic rings. The van der Waals surface area contributed by atoms with Crippen molar-refractivity contribution < 1.29 is 27.5 Å². The van der Waals surface area contributed by atoms with Gasteiger partial charge in [0, 0.05) is 5.56 Å². The molecule has 0 fully saturated rings. The third kappa shape index (κ3) is 3.25. The molecule has 0 heterocycles. The lowest BCUT2D eigenvalue weighted by Crippen LogP contribution is -2.34. The number of nitrogens with one attached hydrogen (secondary N) is 1. The number of fused-ring (bicyclic) bond motifs is 1. The molecule has 1 aliphatic carbocycles. The van der Waals surface area contributed by atoms with Gasteiger partial charge in [0.2, 0.25) is 0 Å². The van der Waals surface area contributed by atoms with Gasteiger partial charge >= 0.3 is 12.3 Å². The zero-order chi connectivity index (χ0) is 19.3. The minimum absolute atomic E-state index is 0.0771. The monoisotopic (exact) mass is 367 g/mol. The first kappa shape index (κ1) is 18.2. The van der Waals surface area contributed by atoms with Gasteiger partial charge in [-0.15, -0.1) is 0 Å². The summed E-state index contributed by atoms with van der Waals surface area (Å²) in [7, 11) is 0. The highest BCUT2D eigenvalue weighted by Crippen LogP contribution is 2.46. The van der Waals surface area contributed by atoms with Gasteiger partial charge in [-0.2, -0.15) is 13.2 Å². The van der Waals surface area contributed by atoms with Crippen LogP contribution >= 0.6 is 0 Å². The maximum absolute atomic E-state index is 14.2. The molecule has 26 heavy (non-hydrogen) atoms. The van der Waals surface area contributed by atoms with Crippen LogP contribution < -0.4 is 5.32 Å². The largest absolute Gasteiger partial charge is 0.465 e. The Morgan fingerprint density at radius 1 is 1.19 bits per heavy atom. The molecule has 0 radical (unpaired) electrons. The van der Waals surface area contributed by atoms with E-state index < -0.39 is 29.7 Å². The fourth-order valence-electron chi connectivity index (χ4n) is 3.54. The molecule has 1 amide bonds. The van der Waals surface area contributed by atoms with E-state index in [1.165, 1.54) is 0 Å². The minimum atomic E-state index is -4.60. The van der Waals surface area contributed by atoms with Crippen molar-refractivity contribution in [3.05, 3.63) is 58.9 Å². The van der Waals surface area contributed by atoms with Gasteiger partial charge in [0.25, 0.3) is 0 Å². The quantitative estimate of drug-likeness (QED) is 0.698. The highest BCUT2D eigenvalue weighted by Gasteiger charge is 2.40. The zero-order valence-corrected chi connectivity index (χ0v) is 14.1. The fraction of sp³-hybridized carbons (Fsp3) is 0.316. The molecule has 0 spiro atoms. The maximum atomic E-state index is 14.2. The van der Waals surface area contributed by atoms with Crippen molar-refractivity contribution in [2.45, 2.75) is 32.5 Å². The van der Waals surface area contributed by atoms with Crippen LogP contribution in [0.1, 0.15) is 36.6 Å². The summed E-state index contributed by atoms with van der Waals surface area (Å²) in [6.07, 6.45) is -5.16. The highest BCUT2D eigenvalue weighted by molar-refractivity contribution is 5.69. The van der Waals surface area contributed by atoms with Gasteiger partial charge in [-0.1, -0.05) is 38.1 Å². The van der Waals surface area contributed by atoms with Crippen molar-refractivity contribution in [2.75, 3.05) is 0 Å². The molecule has 1 atom stereocenters. The van der Waals surface area contributed by atoms with Crippen molar-refractivity contribution in [1.82, 2.24) is 5.32 Å². The Morgan fingerprint density at radius 3 is 2.46 bits per heavy atom. The molecule has 138 valence electrons. The summed E-state index contributed by atoms with van der Waals surface area (Å²) < 4.78 is 52.3. The van der Waals surface area contributed by atoms with Crippen molar-refractivity contribution in [1.29, 1.82) is 0 Å². The first-order valence-electron chi connectivity index (χ1n) is 7.98. The Kier molecular flexibility index (Phi) is 4.21. The van der Waals surface area contributed by atoms with E-state index in [2.05, 4.69) is 5.32 Å². The van der Waals surface area contributed by atoms with E-state index in [4.69, 9.17) is 5.11 Å². The lowest BCUT2D eigenvalue weighted by Gasteiger charge is -2.27. The van der Waals surface area contributed by atoms with Crippen molar-refractivity contribution >= 4 is 6.09 Å². The second-order valence-corrected chi connectivity index (χ2v) is 7.15. The van der Waals surface area contributed by atoms with Crippen molar-refractivity contribution in [3.8, 4) is 11.1 Å². The number of amides is 1. The van der Waals surface area contributed by atoms with Crippen LogP contribution in [-0.2, 0) is 12.6 Å². The Hall–Kier alpha value is -2.57. The molecule has 2 N–H and O–H groups in total. The predicted molar refractivity (Wildman–Crippen MR) is 88.2 cm³/mol. The maximum Gasteiger partial charge on any atom is 0.416 e. The average Bonchev–Trinajstić information content (AvgIpc) is 2.75. The molecule has 0 aliphatic heterocycles. The van der Waals surface area contributed by atoms with E-state index in [0.29, 0.717) is 18.1 Å². The van der Waals surface area contributed by atoms with Crippen LogP contribution in [-0.4, -0.2) is 11.2 Å². The molecule has 7 heteroatoms. The number of benzene rings is 2. The molecular weight excluding hydrogens is 350 g/mol. The van der Waals surface area contributed by atoms with E-state index in [1.807, 2.05) is 13.8 Å². The Balaban J connectivity index is 2.00. The smallest absolute Gasteiger partial charge is 0.416 e. The van der Waals surface area contributed by atoms with Gasteiger partial charge in [-0.05, 0) is 40.7 Å². The Labute approximate surface area is 147 Å². The molecule has 0 saturated heterocycles. The summed E-state index contributed by atoms with van der Waals surface area (Å²) in [6.45, 7) is 3.85. The molecule has 2 aromatic carbocycles. The van der Waals surface area contributed by atoms with Gasteiger partial charge in [0.1, 0.15) is 5.82 Å². The number of alkyl halides is 3. The molecular formula is C19H17F4NO2. The van der Waals surface area contributed by atoms with Crippen LogP contribution in [0.2, 0.25) is 0 Å². The lowest BCUT2D eigenvalue weighted by molar-refractivity contribution is -0.137. The third-order valence-corrected chi connectivity index (χ3v) is 4.76. The molecule has 3 rings (SSSR count). The topological polar surface area (TPSA) is 49.3 Å². The first-order chi connectivity index (χ1) is 12.0.